The second-order valence-corrected chi connectivity index (χ2v) is 4.92. The second kappa shape index (κ2) is 4.05. The number of nitrogens with zero attached hydrogens (tertiary/aromatic N) is 1. The summed E-state index contributed by atoms with van der Waals surface area (Å²) < 4.78 is 0. The van der Waals surface area contributed by atoms with Gasteiger partial charge in [-0.15, -0.1) is 0 Å². The molecular weight excluding hydrogens is 206 g/mol. The number of primary amides is 1. The first-order valence-corrected chi connectivity index (χ1v) is 5.94. The minimum absolute atomic E-state index is 0.0775. The molecule has 0 aromatic carbocycles. The number of amides is 2. The van der Waals surface area contributed by atoms with Crippen molar-refractivity contribution in [1.82, 2.24) is 4.90 Å². The highest BCUT2D eigenvalue weighted by Gasteiger charge is 2.44. The zero-order valence-electron chi connectivity index (χ0n) is 9.45. The summed E-state index contributed by atoms with van der Waals surface area (Å²) in [5.41, 5.74) is 10.7. The van der Waals surface area contributed by atoms with Crippen LogP contribution < -0.4 is 11.5 Å². The van der Waals surface area contributed by atoms with Gasteiger partial charge in [0, 0.05) is 6.54 Å². The Labute approximate surface area is 95.1 Å². The van der Waals surface area contributed by atoms with E-state index in [2.05, 4.69) is 0 Å². The van der Waals surface area contributed by atoms with Gasteiger partial charge in [0.25, 0.3) is 0 Å². The molecule has 1 saturated carbocycles. The summed E-state index contributed by atoms with van der Waals surface area (Å²) in [5.74, 6) is -0.487. The monoisotopic (exact) mass is 225 g/mol. The molecule has 1 heterocycles. The normalized spacial score (nSPS) is 28.3. The van der Waals surface area contributed by atoms with Crippen molar-refractivity contribution in [2.75, 3.05) is 6.54 Å². The van der Waals surface area contributed by atoms with Crippen LogP contribution in [0.5, 0.6) is 0 Å². The minimum Gasteiger partial charge on any atom is -0.368 e. The molecular formula is C11H19N3O2. The van der Waals surface area contributed by atoms with Crippen LogP contribution in [0.1, 0.15) is 38.5 Å². The summed E-state index contributed by atoms with van der Waals surface area (Å²) in [5, 5.41) is 0. The van der Waals surface area contributed by atoms with Crippen LogP contribution in [0.25, 0.3) is 0 Å². The minimum atomic E-state index is -0.738. The van der Waals surface area contributed by atoms with Crippen LogP contribution in [0.4, 0.5) is 0 Å². The van der Waals surface area contributed by atoms with Crippen molar-refractivity contribution in [2.45, 2.75) is 50.1 Å². The first kappa shape index (κ1) is 11.4. The Morgan fingerprint density at radius 3 is 2.38 bits per heavy atom. The summed E-state index contributed by atoms with van der Waals surface area (Å²) in [6, 6.07) is -0.437. The lowest BCUT2D eigenvalue weighted by Crippen LogP contribution is -2.56. The van der Waals surface area contributed by atoms with E-state index in [0.717, 1.165) is 32.1 Å². The maximum atomic E-state index is 12.3. The van der Waals surface area contributed by atoms with Gasteiger partial charge in [-0.2, -0.15) is 0 Å². The molecule has 1 aliphatic heterocycles. The number of hydrogen-bond donors (Lipinski definition) is 2. The standard InChI is InChI=1S/C11H19N3O2/c12-9(15)8-4-3-7-14(8)10(16)11(13)5-1-2-6-11/h8H,1-7,13H2,(H2,12,15). The van der Waals surface area contributed by atoms with E-state index in [-0.39, 0.29) is 5.91 Å². The fourth-order valence-corrected chi connectivity index (χ4v) is 2.81. The highest BCUT2D eigenvalue weighted by atomic mass is 16.2. The quantitative estimate of drug-likeness (QED) is 0.678. The molecule has 2 amide bonds. The third-order valence-corrected chi connectivity index (χ3v) is 3.76. The van der Waals surface area contributed by atoms with Crippen molar-refractivity contribution >= 4 is 11.8 Å². The highest BCUT2D eigenvalue weighted by Crippen LogP contribution is 2.31. The van der Waals surface area contributed by atoms with Crippen LogP contribution in [0, 0.1) is 0 Å². The van der Waals surface area contributed by atoms with E-state index in [1.807, 2.05) is 0 Å². The third-order valence-electron chi connectivity index (χ3n) is 3.76. The molecule has 2 rings (SSSR count). The Balaban J connectivity index is 2.12. The molecule has 2 fully saturated rings. The maximum Gasteiger partial charge on any atom is 0.243 e. The Kier molecular flexibility index (Phi) is 2.88. The average molecular weight is 225 g/mol. The van der Waals surface area contributed by atoms with E-state index in [1.165, 1.54) is 0 Å². The van der Waals surface area contributed by atoms with Crippen molar-refractivity contribution in [3.8, 4) is 0 Å². The van der Waals surface area contributed by atoms with Crippen LogP contribution in [0.2, 0.25) is 0 Å². The Bertz CT molecular complexity index is 310. The Morgan fingerprint density at radius 2 is 1.81 bits per heavy atom. The smallest absolute Gasteiger partial charge is 0.243 e. The highest BCUT2D eigenvalue weighted by molar-refractivity contribution is 5.92. The molecule has 0 aromatic heterocycles. The molecule has 0 radical (unpaired) electrons. The number of hydrogen-bond acceptors (Lipinski definition) is 3. The van der Waals surface area contributed by atoms with E-state index in [1.54, 1.807) is 4.90 Å². The summed E-state index contributed by atoms with van der Waals surface area (Å²) in [6.45, 7) is 0.616. The van der Waals surface area contributed by atoms with E-state index >= 15 is 0 Å². The van der Waals surface area contributed by atoms with Gasteiger partial charge in [0.05, 0.1) is 5.54 Å². The van der Waals surface area contributed by atoms with E-state index in [9.17, 15) is 9.59 Å². The topological polar surface area (TPSA) is 89.4 Å². The van der Waals surface area contributed by atoms with Gasteiger partial charge >= 0.3 is 0 Å². The van der Waals surface area contributed by atoms with Crippen LogP contribution >= 0.6 is 0 Å². The molecule has 4 N–H and O–H groups in total. The molecule has 0 bridgehead atoms. The van der Waals surface area contributed by atoms with Gasteiger partial charge in [0.1, 0.15) is 6.04 Å². The number of nitrogens with two attached hydrogens (primary N) is 2. The Morgan fingerprint density at radius 1 is 1.19 bits per heavy atom. The lowest BCUT2D eigenvalue weighted by molar-refractivity contribution is -0.141. The largest absolute Gasteiger partial charge is 0.368 e. The Hall–Kier alpha value is -1.10. The zero-order valence-corrected chi connectivity index (χ0v) is 9.45. The van der Waals surface area contributed by atoms with Crippen LogP contribution in [0.3, 0.4) is 0 Å². The SMILES string of the molecule is NC(=O)C1CCCN1C(=O)C1(N)CCCC1. The van der Waals surface area contributed by atoms with Crippen molar-refractivity contribution in [3.05, 3.63) is 0 Å². The molecule has 0 aromatic rings. The molecule has 1 aliphatic carbocycles. The third kappa shape index (κ3) is 1.80. The van der Waals surface area contributed by atoms with Gasteiger partial charge in [-0.05, 0) is 25.7 Å². The van der Waals surface area contributed by atoms with Gasteiger partial charge < -0.3 is 16.4 Å². The lowest BCUT2D eigenvalue weighted by Gasteiger charge is -2.31. The number of rotatable bonds is 2. The molecule has 16 heavy (non-hydrogen) atoms. The molecule has 5 nitrogen and oxygen atoms in total. The predicted molar refractivity (Wildman–Crippen MR) is 59.3 cm³/mol. The molecule has 1 atom stereocenters. The summed E-state index contributed by atoms with van der Waals surface area (Å²) in [6.07, 6.45) is 4.98. The molecule has 0 spiro atoms. The molecule has 5 heteroatoms. The zero-order chi connectivity index (χ0) is 11.8. The first-order valence-electron chi connectivity index (χ1n) is 5.94. The molecule has 1 saturated heterocycles. The average Bonchev–Trinajstić information content (AvgIpc) is 2.85. The summed E-state index contributed by atoms with van der Waals surface area (Å²) in [7, 11) is 0. The van der Waals surface area contributed by atoms with Gasteiger partial charge in [-0.25, -0.2) is 0 Å². The lowest BCUT2D eigenvalue weighted by atomic mass is 9.96. The number of carbonyl (C=O) groups excluding carboxylic acids is 2. The van der Waals surface area contributed by atoms with Crippen molar-refractivity contribution in [2.24, 2.45) is 11.5 Å². The molecule has 2 aliphatic rings. The van der Waals surface area contributed by atoms with E-state index in [0.29, 0.717) is 13.0 Å². The van der Waals surface area contributed by atoms with Gasteiger partial charge in [0.2, 0.25) is 11.8 Å². The van der Waals surface area contributed by atoms with Gasteiger partial charge in [0.15, 0.2) is 0 Å². The van der Waals surface area contributed by atoms with Gasteiger partial charge in [-0.1, -0.05) is 12.8 Å². The van der Waals surface area contributed by atoms with Crippen molar-refractivity contribution < 1.29 is 9.59 Å². The summed E-state index contributed by atoms with van der Waals surface area (Å²) in [4.78, 5) is 25.1. The van der Waals surface area contributed by atoms with Crippen LogP contribution in [-0.2, 0) is 9.59 Å². The molecule has 1 unspecified atom stereocenters. The van der Waals surface area contributed by atoms with Crippen molar-refractivity contribution in [3.63, 3.8) is 0 Å². The number of carbonyl (C=O) groups is 2. The summed E-state index contributed by atoms with van der Waals surface area (Å²) >= 11 is 0. The van der Waals surface area contributed by atoms with Gasteiger partial charge in [-0.3, -0.25) is 9.59 Å². The fraction of sp³-hybridized carbons (Fsp3) is 0.818. The van der Waals surface area contributed by atoms with Crippen molar-refractivity contribution in [1.29, 1.82) is 0 Å². The first-order chi connectivity index (χ1) is 7.54. The number of likely N-dealkylation sites (tertiary alicyclic amines) is 1. The van der Waals surface area contributed by atoms with Crippen LogP contribution in [-0.4, -0.2) is 34.8 Å². The fourth-order valence-electron chi connectivity index (χ4n) is 2.81. The maximum absolute atomic E-state index is 12.3. The predicted octanol–water partition coefficient (Wildman–Crippen LogP) is -0.266. The van der Waals surface area contributed by atoms with E-state index in [4.69, 9.17) is 11.5 Å². The van der Waals surface area contributed by atoms with Crippen LogP contribution in [0.15, 0.2) is 0 Å². The van der Waals surface area contributed by atoms with E-state index < -0.39 is 17.5 Å². The second-order valence-electron chi connectivity index (χ2n) is 4.92. The molecule has 90 valence electrons.